The highest BCUT2D eigenvalue weighted by molar-refractivity contribution is 5.06. The summed E-state index contributed by atoms with van der Waals surface area (Å²) in [7, 11) is 0. The maximum Gasteiger partial charge on any atom is 0.117 e. The van der Waals surface area contributed by atoms with Gasteiger partial charge in [-0.3, -0.25) is 0 Å². The Morgan fingerprint density at radius 1 is 1.33 bits per heavy atom. The maximum atomic E-state index is 9.13. The zero-order chi connectivity index (χ0) is 11.3. The predicted octanol–water partition coefficient (Wildman–Crippen LogP) is 1.95. The third-order valence-corrected chi connectivity index (χ3v) is 2.61. The van der Waals surface area contributed by atoms with E-state index in [4.69, 9.17) is 9.52 Å². The van der Waals surface area contributed by atoms with Gasteiger partial charge in [-0.25, -0.2) is 0 Å². The number of aliphatic hydroxyl groups is 1. The summed E-state index contributed by atoms with van der Waals surface area (Å²) in [6.45, 7) is 7.10. The van der Waals surface area contributed by atoms with Crippen molar-refractivity contribution in [3.63, 3.8) is 0 Å². The van der Waals surface area contributed by atoms with E-state index < -0.39 is 0 Å². The molecule has 0 radical (unpaired) electrons. The fraction of sp³-hybridized carbons (Fsp3) is 0.667. The fourth-order valence-corrected chi connectivity index (χ4v) is 1.45. The molecule has 0 spiro atoms. The van der Waals surface area contributed by atoms with Crippen molar-refractivity contribution in [2.24, 2.45) is 5.92 Å². The Morgan fingerprint density at radius 2 is 2.00 bits per heavy atom. The molecule has 3 heteroatoms. The third-order valence-electron chi connectivity index (χ3n) is 2.61. The molecule has 0 aromatic carbocycles. The molecule has 0 fully saturated rings. The van der Waals surface area contributed by atoms with Crippen LogP contribution < -0.4 is 5.32 Å². The molecule has 0 saturated carbocycles. The van der Waals surface area contributed by atoms with Gasteiger partial charge in [-0.1, -0.05) is 20.8 Å². The van der Waals surface area contributed by atoms with E-state index in [0.717, 1.165) is 17.9 Å². The molecule has 0 unspecified atom stereocenters. The number of rotatable bonds is 6. The molecule has 0 aliphatic carbocycles. The first-order chi connectivity index (χ1) is 7.17. The Kier molecular flexibility index (Phi) is 4.85. The van der Waals surface area contributed by atoms with E-state index in [1.54, 1.807) is 0 Å². The minimum Gasteiger partial charge on any atom is -0.465 e. The summed E-state index contributed by atoms with van der Waals surface area (Å²) in [5, 5.41) is 12.4. The van der Waals surface area contributed by atoms with Crippen LogP contribution in [0.25, 0.3) is 0 Å². The van der Waals surface area contributed by atoms with Crippen molar-refractivity contribution in [3.8, 4) is 0 Å². The summed E-state index contributed by atoms with van der Waals surface area (Å²) >= 11 is 0. The molecule has 0 saturated heterocycles. The minimum absolute atomic E-state index is 0.139. The van der Waals surface area contributed by atoms with E-state index in [1.807, 2.05) is 12.1 Å². The summed E-state index contributed by atoms with van der Waals surface area (Å²) in [5.74, 6) is 2.37. The summed E-state index contributed by atoms with van der Waals surface area (Å²) < 4.78 is 5.56. The topological polar surface area (TPSA) is 45.4 Å². The van der Waals surface area contributed by atoms with Crippen molar-refractivity contribution in [1.29, 1.82) is 0 Å². The van der Waals surface area contributed by atoms with Gasteiger partial charge >= 0.3 is 0 Å². The first-order valence-corrected chi connectivity index (χ1v) is 5.59. The second-order valence-corrected chi connectivity index (χ2v) is 4.14. The van der Waals surface area contributed by atoms with Crippen LogP contribution in [0, 0.1) is 5.92 Å². The Morgan fingerprint density at radius 3 is 2.47 bits per heavy atom. The standard InChI is InChI=1S/C12H21NO2/c1-4-10-5-6-11(15-10)7-13-12(8-14)9(2)3/h5-6,9,12-14H,4,7-8H2,1-3H3/t12-/m1/s1. The quantitative estimate of drug-likeness (QED) is 0.756. The van der Waals surface area contributed by atoms with E-state index in [-0.39, 0.29) is 12.6 Å². The first kappa shape index (κ1) is 12.3. The molecule has 0 aliphatic rings. The van der Waals surface area contributed by atoms with Gasteiger partial charge in [-0.2, -0.15) is 0 Å². The van der Waals surface area contributed by atoms with Gasteiger partial charge in [0, 0.05) is 12.5 Å². The highest BCUT2D eigenvalue weighted by Gasteiger charge is 2.11. The van der Waals surface area contributed by atoms with Crippen LogP contribution in [0.4, 0.5) is 0 Å². The molecule has 1 atom stereocenters. The molecular formula is C12H21NO2. The summed E-state index contributed by atoms with van der Waals surface area (Å²) in [4.78, 5) is 0. The average molecular weight is 211 g/mol. The van der Waals surface area contributed by atoms with Gasteiger partial charge in [-0.05, 0) is 18.1 Å². The maximum absolute atomic E-state index is 9.13. The number of hydrogen-bond acceptors (Lipinski definition) is 3. The van der Waals surface area contributed by atoms with Crippen LogP contribution in [0.1, 0.15) is 32.3 Å². The van der Waals surface area contributed by atoms with Crippen molar-refractivity contribution in [1.82, 2.24) is 5.32 Å². The highest BCUT2D eigenvalue weighted by Crippen LogP contribution is 2.09. The number of furan rings is 1. The zero-order valence-electron chi connectivity index (χ0n) is 9.79. The Balaban J connectivity index is 2.41. The Bertz CT molecular complexity index is 281. The molecule has 0 aliphatic heterocycles. The molecule has 1 heterocycles. The van der Waals surface area contributed by atoms with Gasteiger partial charge in [0.05, 0.1) is 13.2 Å². The molecule has 1 aromatic rings. The SMILES string of the molecule is CCc1ccc(CN[C@H](CO)C(C)C)o1. The van der Waals surface area contributed by atoms with Crippen LogP contribution in [-0.4, -0.2) is 17.8 Å². The summed E-state index contributed by atoms with van der Waals surface area (Å²) in [5.41, 5.74) is 0. The van der Waals surface area contributed by atoms with E-state index in [1.165, 1.54) is 0 Å². The van der Waals surface area contributed by atoms with Gasteiger partial charge in [0.25, 0.3) is 0 Å². The molecule has 0 amide bonds. The summed E-state index contributed by atoms with van der Waals surface area (Å²) in [6, 6.07) is 4.13. The Hall–Kier alpha value is -0.800. The zero-order valence-corrected chi connectivity index (χ0v) is 9.79. The van der Waals surface area contributed by atoms with Gasteiger partial charge < -0.3 is 14.8 Å². The number of nitrogens with one attached hydrogen (secondary N) is 1. The molecule has 0 bridgehead atoms. The van der Waals surface area contributed by atoms with Gasteiger partial charge in [-0.15, -0.1) is 0 Å². The van der Waals surface area contributed by atoms with E-state index in [9.17, 15) is 0 Å². The lowest BCUT2D eigenvalue weighted by atomic mass is 10.1. The molecular weight excluding hydrogens is 190 g/mol. The molecule has 2 N–H and O–H groups in total. The molecule has 1 aromatic heterocycles. The van der Waals surface area contributed by atoms with Crippen molar-refractivity contribution in [2.75, 3.05) is 6.61 Å². The second-order valence-electron chi connectivity index (χ2n) is 4.14. The van der Waals surface area contributed by atoms with E-state index >= 15 is 0 Å². The van der Waals surface area contributed by atoms with Crippen LogP contribution in [-0.2, 0) is 13.0 Å². The van der Waals surface area contributed by atoms with Crippen LogP contribution in [0.5, 0.6) is 0 Å². The number of hydrogen-bond donors (Lipinski definition) is 2. The molecule has 15 heavy (non-hydrogen) atoms. The van der Waals surface area contributed by atoms with E-state index in [0.29, 0.717) is 12.5 Å². The molecule has 1 rings (SSSR count). The van der Waals surface area contributed by atoms with Crippen molar-refractivity contribution in [2.45, 2.75) is 39.8 Å². The molecule has 3 nitrogen and oxygen atoms in total. The lowest BCUT2D eigenvalue weighted by Crippen LogP contribution is -2.36. The second kappa shape index (κ2) is 5.93. The predicted molar refractivity (Wildman–Crippen MR) is 60.6 cm³/mol. The van der Waals surface area contributed by atoms with E-state index in [2.05, 4.69) is 26.1 Å². The Labute approximate surface area is 91.5 Å². The average Bonchev–Trinajstić information content (AvgIpc) is 2.66. The fourth-order valence-electron chi connectivity index (χ4n) is 1.45. The number of aryl methyl sites for hydroxylation is 1. The van der Waals surface area contributed by atoms with Crippen molar-refractivity contribution >= 4 is 0 Å². The smallest absolute Gasteiger partial charge is 0.117 e. The normalized spacial score (nSPS) is 13.4. The minimum atomic E-state index is 0.139. The highest BCUT2D eigenvalue weighted by atomic mass is 16.3. The summed E-state index contributed by atoms with van der Waals surface area (Å²) in [6.07, 6.45) is 0.924. The van der Waals surface area contributed by atoms with Crippen LogP contribution in [0.15, 0.2) is 16.5 Å². The van der Waals surface area contributed by atoms with Crippen LogP contribution in [0.2, 0.25) is 0 Å². The largest absolute Gasteiger partial charge is 0.465 e. The first-order valence-electron chi connectivity index (χ1n) is 5.59. The van der Waals surface area contributed by atoms with Crippen LogP contribution >= 0.6 is 0 Å². The third kappa shape index (κ3) is 3.68. The molecule has 86 valence electrons. The lowest BCUT2D eigenvalue weighted by molar-refractivity contribution is 0.207. The number of aliphatic hydroxyl groups excluding tert-OH is 1. The van der Waals surface area contributed by atoms with Crippen molar-refractivity contribution in [3.05, 3.63) is 23.7 Å². The van der Waals surface area contributed by atoms with Gasteiger partial charge in [0.2, 0.25) is 0 Å². The van der Waals surface area contributed by atoms with Gasteiger partial charge in [0.1, 0.15) is 11.5 Å². The monoisotopic (exact) mass is 211 g/mol. The van der Waals surface area contributed by atoms with Crippen molar-refractivity contribution < 1.29 is 9.52 Å². The lowest BCUT2D eigenvalue weighted by Gasteiger charge is -2.19. The van der Waals surface area contributed by atoms with Crippen LogP contribution in [0.3, 0.4) is 0 Å². The van der Waals surface area contributed by atoms with Gasteiger partial charge in [0.15, 0.2) is 0 Å².